The van der Waals surface area contributed by atoms with E-state index in [1.807, 2.05) is 24.0 Å². The van der Waals surface area contributed by atoms with Crippen LogP contribution in [-0.2, 0) is 6.42 Å². The van der Waals surface area contributed by atoms with Gasteiger partial charge in [0.25, 0.3) is 11.8 Å². The maximum Gasteiger partial charge on any atom is 0.259 e. The van der Waals surface area contributed by atoms with Gasteiger partial charge in [-0.25, -0.2) is 9.67 Å². The Hall–Kier alpha value is -3.07. The molecule has 1 aliphatic rings. The molecule has 0 saturated carbocycles. The Morgan fingerprint density at radius 3 is 2.66 bits per heavy atom. The van der Waals surface area contributed by atoms with Crippen LogP contribution in [0, 0.1) is 6.92 Å². The lowest BCUT2D eigenvalue weighted by atomic mass is 10.2. The third kappa shape index (κ3) is 3.91. The molecule has 0 N–H and O–H groups in total. The number of rotatable bonds is 5. The van der Waals surface area contributed by atoms with Gasteiger partial charge in [-0.05, 0) is 32.5 Å². The van der Waals surface area contributed by atoms with Crippen molar-refractivity contribution in [2.24, 2.45) is 0 Å². The van der Waals surface area contributed by atoms with Crippen LogP contribution in [0.3, 0.4) is 0 Å². The molecule has 4 rings (SSSR count). The molecule has 29 heavy (non-hydrogen) atoms. The average molecular weight is 395 g/mol. The van der Waals surface area contributed by atoms with E-state index in [4.69, 9.17) is 4.52 Å². The SMILES string of the molecule is CCCc1noc(-c2ccc(-n3ncc(C(=O)N4CCN(C)CC4)c3C)nc2)n1. The normalized spacial score (nSPS) is 15.1. The number of nitrogens with zero attached hydrogens (tertiary/aromatic N) is 7. The number of pyridine rings is 1. The van der Waals surface area contributed by atoms with Gasteiger partial charge in [0.2, 0.25) is 0 Å². The van der Waals surface area contributed by atoms with Crippen LogP contribution in [0.5, 0.6) is 0 Å². The number of likely N-dealkylation sites (N-methyl/N-ethyl adjacent to an activating group) is 1. The molecule has 3 aromatic rings. The predicted molar refractivity (Wildman–Crippen MR) is 107 cm³/mol. The summed E-state index contributed by atoms with van der Waals surface area (Å²) in [7, 11) is 2.07. The molecular formula is C20H25N7O2. The smallest absolute Gasteiger partial charge is 0.259 e. The highest BCUT2D eigenvalue weighted by Gasteiger charge is 2.24. The van der Waals surface area contributed by atoms with Crippen molar-refractivity contribution in [2.75, 3.05) is 33.2 Å². The molecule has 1 amide bonds. The molecule has 0 spiro atoms. The summed E-state index contributed by atoms with van der Waals surface area (Å²) in [5, 5.41) is 8.36. The Bertz CT molecular complexity index is 985. The van der Waals surface area contributed by atoms with Gasteiger partial charge in [0.05, 0.1) is 23.0 Å². The summed E-state index contributed by atoms with van der Waals surface area (Å²) in [6, 6.07) is 3.71. The molecule has 9 nitrogen and oxygen atoms in total. The summed E-state index contributed by atoms with van der Waals surface area (Å²) in [6.45, 7) is 7.20. The first-order valence-electron chi connectivity index (χ1n) is 9.88. The van der Waals surface area contributed by atoms with Gasteiger partial charge in [0.15, 0.2) is 11.6 Å². The first-order chi connectivity index (χ1) is 14.1. The lowest BCUT2D eigenvalue weighted by Crippen LogP contribution is -2.47. The molecule has 0 aliphatic carbocycles. The highest BCUT2D eigenvalue weighted by Crippen LogP contribution is 2.20. The second-order valence-corrected chi connectivity index (χ2v) is 7.32. The second-order valence-electron chi connectivity index (χ2n) is 7.32. The van der Waals surface area contributed by atoms with Crippen molar-refractivity contribution in [2.45, 2.75) is 26.7 Å². The summed E-state index contributed by atoms with van der Waals surface area (Å²) < 4.78 is 6.99. The average Bonchev–Trinajstić information content (AvgIpc) is 3.35. The van der Waals surface area contributed by atoms with Crippen LogP contribution in [-0.4, -0.2) is 73.8 Å². The first kappa shape index (κ1) is 19.3. The monoisotopic (exact) mass is 395 g/mol. The first-order valence-corrected chi connectivity index (χ1v) is 9.88. The fourth-order valence-electron chi connectivity index (χ4n) is 3.36. The van der Waals surface area contributed by atoms with E-state index in [2.05, 4.69) is 39.1 Å². The minimum Gasteiger partial charge on any atom is -0.336 e. The van der Waals surface area contributed by atoms with Crippen molar-refractivity contribution in [1.29, 1.82) is 0 Å². The molecule has 9 heteroatoms. The zero-order valence-corrected chi connectivity index (χ0v) is 17.0. The van der Waals surface area contributed by atoms with Crippen LogP contribution in [0.2, 0.25) is 0 Å². The van der Waals surface area contributed by atoms with Crippen LogP contribution in [0.1, 0.15) is 35.2 Å². The maximum absolute atomic E-state index is 12.9. The number of carbonyl (C=O) groups is 1. The Labute approximate surface area is 169 Å². The van der Waals surface area contributed by atoms with Gasteiger partial charge < -0.3 is 14.3 Å². The van der Waals surface area contributed by atoms with Gasteiger partial charge in [0.1, 0.15) is 0 Å². The lowest BCUT2D eigenvalue weighted by molar-refractivity contribution is 0.0663. The summed E-state index contributed by atoms with van der Waals surface area (Å²) in [5.74, 6) is 1.81. The molecule has 0 aromatic carbocycles. The minimum absolute atomic E-state index is 0.0211. The number of hydrogen-bond donors (Lipinski definition) is 0. The third-order valence-corrected chi connectivity index (χ3v) is 5.18. The van der Waals surface area contributed by atoms with Crippen LogP contribution >= 0.6 is 0 Å². The topological polar surface area (TPSA) is 93.2 Å². The van der Waals surface area contributed by atoms with Gasteiger partial charge in [-0.3, -0.25) is 4.79 Å². The molecule has 1 saturated heterocycles. The van der Waals surface area contributed by atoms with Gasteiger partial charge in [-0.15, -0.1) is 0 Å². The van der Waals surface area contributed by atoms with Crippen LogP contribution < -0.4 is 0 Å². The summed E-state index contributed by atoms with van der Waals surface area (Å²) >= 11 is 0. The zero-order valence-electron chi connectivity index (χ0n) is 17.0. The van der Waals surface area contributed by atoms with Crippen molar-refractivity contribution in [3.63, 3.8) is 0 Å². The molecule has 0 bridgehead atoms. The molecule has 3 aromatic heterocycles. The number of aryl methyl sites for hydroxylation is 1. The van der Waals surface area contributed by atoms with Crippen molar-refractivity contribution in [1.82, 2.24) is 34.7 Å². The molecule has 4 heterocycles. The fourth-order valence-corrected chi connectivity index (χ4v) is 3.36. The van der Waals surface area contributed by atoms with Crippen molar-refractivity contribution < 1.29 is 9.32 Å². The minimum atomic E-state index is 0.0211. The van der Waals surface area contributed by atoms with Gasteiger partial charge in [-0.1, -0.05) is 12.1 Å². The van der Waals surface area contributed by atoms with Gasteiger partial charge >= 0.3 is 0 Å². The predicted octanol–water partition coefficient (Wildman–Crippen LogP) is 1.97. The highest BCUT2D eigenvalue weighted by molar-refractivity contribution is 5.95. The van der Waals surface area contributed by atoms with E-state index in [0.29, 0.717) is 23.1 Å². The van der Waals surface area contributed by atoms with E-state index in [1.165, 1.54) is 0 Å². The van der Waals surface area contributed by atoms with Crippen LogP contribution in [0.15, 0.2) is 29.0 Å². The Morgan fingerprint density at radius 2 is 1.97 bits per heavy atom. The van der Waals surface area contributed by atoms with Crippen molar-refractivity contribution in [3.8, 4) is 17.3 Å². The molecule has 152 valence electrons. The van der Waals surface area contributed by atoms with E-state index < -0.39 is 0 Å². The number of piperazine rings is 1. The maximum atomic E-state index is 12.9. The van der Waals surface area contributed by atoms with Crippen molar-refractivity contribution in [3.05, 3.63) is 41.6 Å². The molecule has 0 atom stereocenters. The standard InChI is InChI=1S/C20H25N7O2/c1-4-5-17-23-19(29-24-17)15-6-7-18(21-12-15)27-14(2)16(13-22-27)20(28)26-10-8-25(3)9-11-26/h6-7,12-13H,4-5,8-11H2,1-3H3. The summed E-state index contributed by atoms with van der Waals surface area (Å²) in [4.78, 5) is 25.8. The Balaban J connectivity index is 1.52. The quantitative estimate of drug-likeness (QED) is 0.652. The molecular weight excluding hydrogens is 370 g/mol. The number of hydrogen-bond acceptors (Lipinski definition) is 7. The number of carbonyl (C=O) groups excluding carboxylic acids is 1. The van der Waals surface area contributed by atoms with Gasteiger partial charge in [0, 0.05) is 38.8 Å². The highest BCUT2D eigenvalue weighted by atomic mass is 16.5. The van der Waals surface area contributed by atoms with E-state index >= 15 is 0 Å². The van der Waals surface area contributed by atoms with Crippen LogP contribution in [0.4, 0.5) is 0 Å². The molecule has 1 aliphatic heterocycles. The van der Waals surface area contributed by atoms with E-state index in [-0.39, 0.29) is 5.91 Å². The largest absolute Gasteiger partial charge is 0.336 e. The Morgan fingerprint density at radius 1 is 1.17 bits per heavy atom. The molecule has 1 fully saturated rings. The fraction of sp³-hybridized carbons (Fsp3) is 0.450. The van der Waals surface area contributed by atoms with Gasteiger partial charge in [-0.2, -0.15) is 10.1 Å². The summed E-state index contributed by atoms with van der Waals surface area (Å²) in [5.41, 5.74) is 2.14. The van der Waals surface area contributed by atoms with Crippen molar-refractivity contribution >= 4 is 5.91 Å². The van der Waals surface area contributed by atoms with E-state index in [0.717, 1.165) is 50.3 Å². The zero-order chi connectivity index (χ0) is 20.4. The van der Waals surface area contributed by atoms with E-state index in [9.17, 15) is 4.79 Å². The third-order valence-electron chi connectivity index (χ3n) is 5.18. The summed E-state index contributed by atoms with van der Waals surface area (Å²) in [6.07, 6.45) is 5.05. The molecule has 0 unspecified atom stereocenters. The number of aromatic nitrogens is 5. The second kappa shape index (κ2) is 8.12. The Kier molecular flexibility index (Phi) is 5.39. The van der Waals surface area contributed by atoms with Crippen LogP contribution in [0.25, 0.3) is 17.3 Å². The van der Waals surface area contributed by atoms with E-state index in [1.54, 1.807) is 17.1 Å². The lowest BCUT2D eigenvalue weighted by Gasteiger charge is -2.32. The molecule has 0 radical (unpaired) electrons. The number of amides is 1.